The molecule has 1 aromatic heterocycles. The summed E-state index contributed by atoms with van der Waals surface area (Å²) in [4.78, 5) is 30.5. The predicted octanol–water partition coefficient (Wildman–Crippen LogP) is 4.39. The van der Waals surface area contributed by atoms with Crippen LogP contribution in [0, 0.1) is 36.5 Å². The highest BCUT2D eigenvalue weighted by molar-refractivity contribution is 7.09. The third kappa shape index (κ3) is 7.05. The van der Waals surface area contributed by atoms with Crippen molar-refractivity contribution in [2.75, 3.05) is 0 Å². The molecule has 37 heavy (non-hydrogen) atoms. The van der Waals surface area contributed by atoms with E-state index in [1.54, 1.807) is 5.38 Å². The number of Topliss-reactive ketones (excluding diaryl/α,β-unsaturated/α-hetero) is 1. The van der Waals surface area contributed by atoms with Crippen LogP contribution in [-0.4, -0.2) is 57.0 Å². The predicted molar refractivity (Wildman–Crippen MR) is 139 cm³/mol. The highest BCUT2D eigenvalue weighted by Crippen LogP contribution is 2.45. The summed E-state index contributed by atoms with van der Waals surface area (Å²) in [5, 5.41) is 24.4. The maximum absolute atomic E-state index is 15.3. The van der Waals surface area contributed by atoms with E-state index in [2.05, 4.69) is 10.9 Å². The molecule has 9 heteroatoms. The number of rotatable bonds is 3. The molecule has 204 valence electrons. The van der Waals surface area contributed by atoms with Gasteiger partial charge in [0, 0.05) is 18.2 Å². The Bertz CT molecular complexity index is 1060. The lowest BCUT2D eigenvalue weighted by molar-refractivity contribution is -0.155. The maximum Gasteiger partial charge on any atom is 0.309 e. The van der Waals surface area contributed by atoms with Gasteiger partial charge in [0.05, 0.1) is 52.4 Å². The van der Waals surface area contributed by atoms with Crippen molar-refractivity contribution in [1.82, 2.24) is 4.98 Å². The monoisotopic (exact) mass is 535 g/mol. The van der Waals surface area contributed by atoms with Crippen molar-refractivity contribution in [2.24, 2.45) is 17.3 Å². The van der Waals surface area contributed by atoms with Crippen LogP contribution in [0.25, 0.3) is 6.08 Å². The fraction of sp³-hybridized carbons (Fsp3) is 0.679. The van der Waals surface area contributed by atoms with Crippen molar-refractivity contribution < 1.29 is 33.7 Å². The number of aliphatic hydroxyl groups excluding tert-OH is 2. The number of esters is 1. The van der Waals surface area contributed by atoms with Crippen molar-refractivity contribution in [2.45, 2.75) is 103 Å². The first-order valence-corrected chi connectivity index (χ1v) is 13.7. The van der Waals surface area contributed by atoms with Gasteiger partial charge < -0.3 is 19.7 Å². The Labute approximate surface area is 222 Å². The van der Waals surface area contributed by atoms with Crippen molar-refractivity contribution in [3.05, 3.63) is 21.9 Å². The number of carbonyl (C=O) groups is 2. The van der Waals surface area contributed by atoms with Gasteiger partial charge in [-0.2, -0.15) is 0 Å². The zero-order valence-electron chi connectivity index (χ0n) is 22.2. The van der Waals surface area contributed by atoms with E-state index in [0.717, 1.165) is 11.4 Å². The van der Waals surface area contributed by atoms with Gasteiger partial charge in [-0.1, -0.05) is 27.2 Å². The van der Waals surface area contributed by atoms with E-state index < -0.39 is 59.2 Å². The van der Waals surface area contributed by atoms with Crippen LogP contribution in [0.3, 0.4) is 0 Å². The van der Waals surface area contributed by atoms with Gasteiger partial charge in [0.2, 0.25) is 0 Å². The summed E-state index contributed by atoms with van der Waals surface area (Å²) in [5.41, 5.74) is -1.46. The number of hydrogen-bond acceptors (Lipinski definition) is 8. The van der Waals surface area contributed by atoms with Gasteiger partial charge in [-0.15, -0.1) is 23.7 Å². The van der Waals surface area contributed by atoms with Crippen molar-refractivity contribution in [3.63, 3.8) is 0 Å². The molecule has 3 rings (SSSR count). The van der Waals surface area contributed by atoms with E-state index in [1.165, 1.54) is 31.3 Å². The lowest BCUT2D eigenvalue weighted by Crippen LogP contribution is -2.46. The Morgan fingerprint density at radius 1 is 1.35 bits per heavy atom. The van der Waals surface area contributed by atoms with Crippen LogP contribution >= 0.6 is 11.3 Å². The second-order valence-electron chi connectivity index (χ2n) is 11.1. The van der Waals surface area contributed by atoms with E-state index in [9.17, 15) is 19.8 Å². The highest BCUT2D eigenvalue weighted by atomic mass is 32.1. The Kier molecular flexibility index (Phi) is 9.33. The molecule has 0 saturated carbocycles. The number of ketones is 1. The van der Waals surface area contributed by atoms with Crippen molar-refractivity contribution in [3.8, 4) is 12.3 Å². The summed E-state index contributed by atoms with van der Waals surface area (Å²) in [7, 11) is 0. The lowest BCUT2D eigenvalue weighted by atomic mass is 9.71. The molecule has 0 bridgehead atoms. The molecule has 2 fully saturated rings. The first kappa shape index (κ1) is 29.4. The van der Waals surface area contributed by atoms with E-state index in [-0.39, 0.29) is 24.9 Å². The largest absolute Gasteiger partial charge is 0.455 e. The number of thiazole rings is 1. The molecule has 7 nitrogen and oxygen atoms in total. The summed E-state index contributed by atoms with van der Waals surface area (Å²) in [6.07, 6.45) is 4.46. The minimum absolute atomic E-state index is 0.0159. The average Bonchev–Trinajstić information content (AvgIpc) is 3.27. The number of nitrogens with zero attached hydrogens (tertiary/aromatic N) is 1. The molecular weight excluding hydrogens is 497 g/mol. The Morgan fingerprint density at radius 3 is 2.68 bits per heavy atom. The van der Waals surface area contributed by atoms with Gasteiger partial charge >= 0.3 is 5.97 Å². The second-order valence-corrected chi connectivity index (χ2v) is 12.2. The Hall–Kier alpha value is -2.12. The van der Waals surface area contributed by atoms with Crippen LogP contribution in [0.2, 0.25) is 0 Å². The number of ether oxygens (including phenoxy) is 2. The van der Waals surface area contributed by atoms with Gasteiger partial charge in [0.15, 0.2) is 6.10 Å². The molecule has 0 spiro atoms. The lowest BCUT2D eigenvalue weighted by Gasteiger charge is -2.35. The number of hydrogen-bond donors (Lipinski definition) is 2. The second kappa shape index (κ2) is 11.7. The van der Waals surface area contributed by atoms with Crippen LogP contribution in [0.5, 0.6) is 0 Å². The molecule has 7 atom stereocenters. The number of aliphatic hydroxyl groups is 2. The normalized spacial score (nSPS) is 35.8. The SMILES string of the molecule is C#CC[C@H]1C(=O)C(C)(C)[C@@H](O)CC(=O)O[C@H](C(F)=Cc2csc(C)n2)C[C@@H]2O[C@@]2(C)CCC[C@H](C)C1O. The summed E-state index contributed by atoms with van der Waals surface area (Å²) >= 11 is 1.38. The molecule has 2 N–H and O–H groups in total. The van der Waals surface area contributed by atoms with Gasteiger partial charge in [-0.3, -0.25) is 9.59 Å². The third-order valence-electron chi connectivity index (χ3n) is 7.80. The first-order chi connectivity index (χ1) is 17.3. The number of cyclic esters (lactones) is 1. The zero-order valence-corrected chi connectivity index (χ0v) is 23.0. The Morgan fingerprint density at radius 2 is 2.05 bits per heavy atom. The standard InChI is InChI=1S/C28H38FNO6S/c1-7-9-19-25(33)16(2)10-8-11-28(6)23(36-28)13-21(20(29)12-18-15-37-17(3)30-18)35-24(32)14-22(31)27(4,5)26(19)34/h1,12,15-16,19,21-23,25,31,33H,8-11,13-14H2,2-6H3/t16-,19+,21-,22-,23-,25?,28-/m0/s1. The quantitative estimate of drug-likeness (QED) is 0.336. The first-order valence-electron chi connectivity index (χ1n) is 12.8. The van der Waals surface area contributed by atoms with E-state index >= 15 is 4.39 Å². The highest BCUT2D eigenvalue weighted by Gasteiger charge is 2.53. The van der Waals surface area contributed by atoms with Crippen LogP contribution < -0.4 is 0 Å². The summed E-state index contributed by atoms with van der Waals surface area (Å²) < 4.78 is 26.7. The minimum Gasteiger partial charge on any atom is -0.455 e. The number of carbonyl (C=O) groups excluding carboxylic acids is 2. The van der Waals surface area contributed by atoms with E-state index in [0.29, 0.717) is 18.5 Å². The number of terminal acetylenes is 1. The average molecular weight is 536 g/mol. The van der Waals surface area contributed by atoms with Gasteiger partial charge in [0.1, 0.15) is 11.6 Å². The van der Waals surface area contributed by atoms with E-state index in [4.69, 9.17) is 15.9 Å². The van der Waals surface area contributed by atoms with Crippen molar-refractivity contribution in [1.29, 1.82) is 0 Å². The number of halogens is 1. The molecule has 2 aliphatic rings. The van der Waals surface area contributed by atoms with Crippen LogP contribution in [0.1, 0.15) is 76.9 Å². The van der Waals surface area contributed by atoms with Crippen LogP contribution in [-0.2, 0) is 19.1 Å². The van der Waals surface area contributed by atoms with Crippen LogP contribution in [0.4, 0.5) is 4.39 Å². The van der Waals surface area contributed by atoms with Crippen LogP contribution in [0.15, 0.2) is 11.2 Å². The van der Waals surface area contributed by atoms with E-state index in [1.807, 2.05) is 20.8 Å². The van der Waals surface area contributed by atoms with Crippen molar-refractivity contribution >= 4 is 29.2 Å². The van der Waals surface area contributed by atoms with Gasteiger partial charge in [0.25, 0.3) is 0 Å². The molecular formula is C28H38FNO6S. The maximum atomic E-state index is 15.3. The topological polar surface area (TPSA) is 109 Å². The fourth-order valence-corrected chi connectivity index (χ4v) is 5.57. The molecule has 0 aromatic carbocycles. The molecule has 1 aromatic rings. The summed E-state index contributed by atoms with van der Waals surface area (Å²) in [6, 6.07) is 0. The minimum atomic E-state index is -1.42. The van der Waals surface area contributed by atoms with Gasteiger partial charge in [-0.25, -0.2) is 9.37 Å². The number of fused-ring (bicyclic) bond motifs is 1. The molecule has 2 aliphatic heterocycles. The summed E-state index contributed by atoms with van der Waals surface area (Å²) in [5.74, 6) is -0.557. The molecule has 2 saturated heterocycles. The molecule has 3 heterocycles. The smallest absolute Gasteiger partial charge is 0.309 e. The number of aromatic nitrogens is 1. The summed E-state index contributed by atoms with van der Waals surface area (Å²) in [6.45, 7) is 8.65. The Balaban J connectivity index is 1.89. The molecule has 1 unspecified atom stereocenters. The number of epoxide rings is 1. The molecule has 0 amide bonds. The fourth-order valence-electron chi connectivity index (χ4n) is 5.00. The molecule has 0 aliphatic carbocycles. The third-order valence-corrected chi connectivity index (χ3v) is 8.59. The van der Waals surface area contributed by atoms with Gasteiger partial charge in [-0.05, 0) is 38.7 Å². The zero-order chi connectivity index (χ0) is 27.5. The molecule has 0 radical (unpaired) electrons. The number of aryl methyl sites for hydroxylation is 1.